The van der Waals surface area contributed by atoms with Crippen molar-refractivity contribution < 1.29 is 33.9 Å². The maximum absolute atomic E-state index is 12.9. The highest BCUT2D eigenvalue weighted by molar-refractivity contribution is 7.20. The lowest BCUT2D eigenvalue weighted by molar-refractivity contribution is 0.0701. The van der Waals surface area contributed by atoms with Crippen LogP contribution in [0.5, 0.6) is 0 Å². The Balaban J connectivity index is 1.66. The number of carbonyl (C=O) groups excluding carboxylic acids is 2. The fourth-order valence-electron chi connectivity index (χ4n) is 2.91. The van der Waals surface area contributed by atoms with E-state index in [-0.39, 0.29) is 37.7 Å². The number of benzene rings is 1. The van der Waals surface area contributed by atoms with Crippen molar-refractivity contribution >= 4 is 56.9 Å². The summed E-state index contributed by atoms with van der Waals surface area (Å²) in [6, 6.07) is 7.38. The number of aromatic carboxylic acids is 1. The SMILES string of the molecule is Cc1oncc1C(=O)Nc1ccccc1C(=O)Nc1nn(C(=O)O)c2sc(C(=O)O)cc12. The van der Waals surface area contributed by atoms with Gasteiger partial charge in [-0.15, -0.1) is 16.4 Å². The molecule has 0 fully saturated rings. The molecular formula is C19H13N5O7S. The first-order valence-corrected chi connectivity index (χ1v) is 9.70. The Labute approximate surface area is 182 Å². The molecule has 0 aliphatic heterocycles. The molecule has 3 heterocycles. The van der Waals surface area contributed by atoms with Crippen LogP contribution in [0.3, 0.4) is 0 Å². The molecule has 0 radical (unpaired) electrons. The van der Waals surface area contributed by atoms with Crippen molar-refractivity contribution in [3.63, 3.8) is 0 Å². The number of carboxylic acids is 1. The van der Waals surface area contributed by atoms with Gasteiger partial charge in [0.2, 0.25) is 0 Å². The van der Waals surface area contributed by atoms with Gasteiger partial charge in [0.15, 0.2) is 5.82 Å². The summed E-state index contributed by atoms with van der Waals surface area (Å²) in [5, 5.41) is 31.2. The molecule has 12 nitrogen and oxygen atoms in total. The number of aromatic nitrogens is 3. The summed E-state index contributed by atoms with van der Waals surface area (Å²) in [5.74, 6) is -2.30. The maximum Gasteiger partial charge on any atom is 0.433 e. The lowest BCUT2D eigenvalue weighted by Crippen LogP contribution is -2.19. The third-order valence-electron chi connectivity index (χ3n) is 4.40. The molecule has 0 atom stereocenters. The van der Waals surface area contributed by atoms with Gasteiger partial charge in [-0.1, -0.05) is 17.3 Å². The van der Waals surface area contributed by atoms with Crippen molar-refractivity contribution in [3.8, 4) is 0 Å². The fourth-order valence-corrected chi connectivity index (χ4v) is 3.85. The number of hydrogen-bond acceptors (Lipinski definition) is 8. The van der Waals surface area contributed by atoms with E-state index in [0.717, 1.165) is 0 Å². The molecule has 0 unspecified atom stereocenters. The number of anilines is 2. The van der Waals surface area contributed by atoms with E-state index < -0.39 is 23.9 Å². The summed E-state index contributed by atoms with van der Waals surface area (Å²) >= 11 is 0.712. The first kappa shape index (κ1) is 20.7. The minimum atomic E-state index is -1.44. The third kappa shape index (κ3) is 3.67. The number of thiophene rings is 1. The number of para-hydroxylation sites is 1. The predicted octanol–water partition coefficient (Wildman–Crippen LogP) is 3.12. The smallest absolute Gasteiger partial charge is 0.433 e. The largest absolute Gasteiger partial charge is 0.477 e. The van der Waals surface area contributed by atoms with Gasteiger partial charge >= 0.3 is 12.1 Å². The van der Waals surface area contributed by atoms with E-state index in [1.807, 2.05) is 0 Å². The topological polar surface area (TPSA) is 177 Å². The number of hydrogen-bond donors (Lipinski definition) is 4. The molecule has 3 aromatic heterocycles. The minimum absolute atomic E-state index is 0.0507. The molecule has 32 heavy (non-hydrogen) atoms. The van der Waals surface area contributed by atoms with Crippen LogP contribution in [0.2, 0.25) is 0 Å². The second kappa shape index (κ2) is 7.96. The molecule has 1 aromatic carbocycles. The third-order valence-corrected chi connectivity index (χ3v) is 5.50. The van der Waals surface area contributed by atoms with Crippen LogP contribution in [-0.2, 0) is 0 Å². The lowest BCUT2D eigenvalue weighted by Gasteiger charge is -2.10. The van der Waals surface area contributed by atoms with E-state index in [4.69, 9.17) is 4.52 Å². The van der Waals surface area contributed by atoms with Crippen molar-refractivity contribution in [1.29, 1.82) is 0 Å². The fraction of sp³-hybridized carbons (Fsp3) is 0.0526. The molecule has 4 aromatic rings. The highest BCUT2D eigenvalue weighted by Gasteiger charge is 2.23. The number of fused-ring (bicyclic) bond motifs is 1. The summed E-state index contributed by atoms with van der Waals surface area (Å²) in [4.78, 5) is 48.1. The van der Waals surface area contributed by atoms with E-state index >= 15 is 0 Å². The molecule has 162 valence electrons. The van der Waals surface area contributed by atoms with Gasteiger partial charge in [0, 0.05) is 0 Å². The molecule has 4 N–H and O–H groups in total. The number of carboxylic acid groups (broad SMARTS) is 2. The zero-order valence-corrected chi connectivity index (χ0v) is 17.0. The Morgan fingerprint density at radius 2 is 1.78 bits per heavy atom. The van der Waals surface area contributed by atoms with Crippen LogP contribution < -0.4 is 10.6 Å². The average molecular weight is 455 g/mol. The molecule has 0 aliphatic rings. The molecular weight excluding hydrogens is 442 g/mol. The van der Waals surface area contributed by atoms with Crippen LogP contribution in [0.25, 0.3) is 10.2 Å². The van der Waals surface area contributed by atoms with Crippen molar-refractivity contribution in [2.45, 2.75) is 6.92 Å². The number of amides is 2. The number of aryl methyl sites for hydroxylation is 1. The summed E-state index contributed by atoms with van der Waals surface area (Å²) < 4.78 is 5.46. The second-order valence-electron chi connectivity index (χ2n) is 6.43. The molecule has 0 saturated heterocycles. The van der Waals surface area contributed by atoms with E-state index in [2.05, 4.69) is 20.9 Å². The van der Waals surface area contributed by atoms with Crippen molar-refractivity contribution in [1.82, 2.24) is 14.9 Å². The zero-order chi connectivity index (χ0) is 23.0. The quantitative estimate of drug-likeness (QED) is 0.352. The van der Waals surface area contributed by atoms with E-state index in [1.54, 1.807) is 19.1 Å². The Bertz CT molecular complexity index is 1400. The van der Waals surface area contributed by atoms with E-state index in [1.165, 1.54) is 24.4 Å². The molecule has 0 bridgehead atoms. The average Bonchev–Trinajstić information content (AvgIpc) is 3.44. The van der Waals surface area contributed by atoms with Gasteiger partial charge in [0.25, 0.3) is 11.8 Å². The van der Waals surface area contributed by atoms with Gasteiger partial charge in [-0.2, -0.15) is 4.68 Å². The Morgan fingerprint density at radius 3 is 2.44 bits per heavy atom. The number of nitrogens with zero attached hydrogens (tertiary/aromatic N) is 3. The molecule has 13 heteroatoms. The van der Waals surface area contributed by atoms with Gasteiger partial charge in [-0.3, -0.25) is 9.59 Å². The summed E-state index contributed by atoms with van der Waals surface area (Å²) in [7, 11) is 0. The van der Waals surface area contributed by atoms with Crippen LogP contribution >= 0.6 is 11.3 Å². The molecule has 0 saturated carbocycles. The number of nitrogens with one attached hydrogen (secondary N) is 2. The summed E-state index contributed by atoms with van der Waals surface area (Å²) in [6.45, 7) is 1.57. The van der Waals surface area contributed by atoms with Crippen molar-refractivity contribution in [2.24, 2.45) is 0 Å². The zero-order valence-electron chi connectivity index (χ0n) is 16.1. The van der Waals surface area contributed by atoms with E-state index in [0.29, 0.717) is 21.8 Å². The first-order valence-electron chi connectivity index (χ1n) is 8.88. The first-order chi connectivity index (χ1) is 15.3. The summed E-state index contributed by atoms with van der Waals surface area (Å²) in [5.41, 5.74) is 0.448. The van der Waals surface area contributed by atoms with Gasteiger partial charge in [-0.25, -0.2) is 9.59 Å². The van der Waals surface area contributed by atoms with Crippen LogP contribution in [0.15, 0.2) is 41.1 Å². The van der Waals surface area contributed by atoms with E-state index in [9.17, 15) is 29.4 Å². The Morgan fingerprint density at radius 1 is 1.06 bits per heavy atom. The maximum atomic E-state index is 12.9. The van der Waals surface area contributed by atoms with Gasteiger partial charge in [-0.05, 0) is 25.1 Å². The van der Waals surface area contributed by atoms with Crippen LogP contribution in [0, 0.1) is 6.92 Å². The van der Waals surface area contributed by atoms with Gasteiger partial charge in [0.1, 0.15) is 21.0 Å². The van der Waals surface area contributed by atoms with Crippen LogP contribution in [0.4, 0.5) is 16.3 Å². The standard InChI is InChI=1S/C19H13N5O7S/c1-8-11(7-20-31-8)16(26)21-12-5-3-2-4-9(12)15(25)22-14-10-6-13(18(27)28)32-17(10)24(23-14)19(29)30/h2-7H,1H3,(H,21,26)(H,27,28)(H,29,30)(H,22,23,25). The molecule has 4 rings (SSSR count). The molecule has 0 spiro atoms. The monoisotopic (exact) mass is 455 g/mol. The number of carbonyl (C=O) groups is 4. The van der Waals surface area contributed by atoms with Crippen LogP contribution in [0.1, 0.15) is 36.1 Å². The molecule has 2 amide bonds. The lowest BCUT2D eigenvalue weighted by atomic mass is 10.1. The normalized spacial score (nSPS) is 10.8. The highest BCUT2D eigenvalue weighted by atomic mass is 32.1. The van der Waals surface area contributed by atoms with Gasteiger partial charge < -0.3 is 25.4 Å². The second-order valence-corrected chi connectivity index (χ2v) is 7.46. The summed E-state index contributed by atoms with van der Waals surface area (Å²) in [6.07, 6.45) is -0.190. The van der Waals surface area contributed by atoms with Crippen LogP contribution in [-0.4, -0.2) is 49.0 Å². The minimum Gasteiger partial charge on any atom is -0.477 e. The highest BCUT2D eigenvalue weighted by Crippen LogP contribution is 2.32. The molecule has 0 aliphatic carbocycles. The van der Waals surface area contributed by atoms with Crippen molar-refractivity contribution in [2.75, 3.05) is 10.6 Å². The predicted molar refractivity (Wildman–Crippen MR) is 112 cm³/mol. The Hall–Kier alpha value is -4.52. The number of rotatable bonds is 5. The Kier molecular flexibility index (Phi) is 5.16. The van der Waals surface area contributed by atoms with Gasteiger partial charge in [0.05, 0.1) is 22.8 Å². The van der Waals surface area contributed by atoms with Crippen molar-refractivity contribution in [3.05, 3.63) is 58.3 Å².